The van der Waals surface area contributed by atoms with E-state index in [-0.39, 0.29) is 0 Å². The van der Waals surface area contributed by atoms with Gasteiger partial charge in [0, 0.05) is 6.20 Å². The van der Waals surface area contributed by atoms with Crippen LogP contribution >= 0.6 is 15.9 Å². The van der Waals surface area contributed by atoms with E-state index in [0.29, 0.717) is 0 Å². The van der Waals surface area contributed by atoms with E-state index in [9.17, 15) is 0 Å². The number of nitrogens with two attached hydrogens (primary N) is 2. The first kappa shape index (κ1) is 26.8. The molecule has 4 aromatic rings. The lowest BCUT2D eigenvalue weighted by Crippen LogP contribution is -1.89. The van der Waals surface area contributed by atoms with Crippen molar-refractivity contribution in [3.63, 3.8) is 0 Å². The minimum absolute atomic E-state index is 1.01. The molecule has 0 spiro atoms. The minimum Gasteiger partial charge on any atom is -0.404 e. The predicted octanol–water partition coefficient (Wildman–Crippen LogP) is 8.01. The zero-order chi connectivity index (χ0) is 24.8. The Labute approximate surface area is 212 Å². The first-order valence-corrected chi connectivity index (χ1v) is 12.7. The Morgan fingerprint density at radius 2 is 0.912 bits per heavy atom. The zero-order valence-corrected chi connectivity index (χ0v) is 21.7. The van der Waals surface area contributed by atoms with E-state index in [0.717, 1.165) is 11.1 Å². The molecule has 0 bridgehead atoms. The number of hydrogen-bond donors (Lipinski definition) is 2. The number of alkyl halides is 1. The van der Waals surface area contributed by atoms with Gasteiger partial charge in [0.1, 0.15) is 0 Å². The second kappa shape index (κ2) is 14.7. The van der Waals surface area contributed by atoms with Crippen LogP contribution in [0.5, 0.6) is 0 Å². The van der Waals surface area contributed by atoms with Gasteiger partial charge in [0.2, 0.25) is 0 Å². The summed E-state index contributed by atoms with van der Waals surface area (Å²) in [5.41, 5.74) is 19.8. The van der Waals surface area contributed by atoms with Crippen LogP contribution in [0.2, 0.25) is 0 Å². The van der Waals surface area contributed by atoms with Gasteiger partial charge in [0.05, 0.1) is 0 Å². The quantitative estimate of drug-likeness (QED) is 0.210. The van der Waals surface area contributed by atoms with E-state index >= 15 is 0 Å². The first-order valence-electron chi connectivity index (χ1n) is 11.1. The van der Waals surface area contributed by atoms with Crippen LogP contribution in [0.1, 0.15) is 18.1 Å². The number of benzene rings is 4. The third-order valence-corrected chi connectivity index (χ3v) is 5.32. The van der Waals surface area contributed by atoms with Gasteiger partial charge in [-0.1, -0.05) is 125 Å². The van der Waals surface area contributed by atoms with Crippen molar-refractivity contribution in [2.24, 2.45) is 11.5 Å². The Bertz CT molecular complexity index is 1160. The topological polar surface area (TPSA) is 52.0 Å². The molecule has 0 aromatic heterocycles. The van der Waals surface area contributed by atoms with Gasteiger partial charge in [0.25, 0.3) is 0 Å². The average molecular weight is 514 g/mol. The van der Waals surface area contributed by atoms with Gasteiger partial charge in [-0.3, -0.25) is 0 Å². The zero-order valence-electron chi connectivity index (χ0n) is 20.1. The Balaban J connectivity index is 0.000000970. The molecular weight excluding hydrogens is 480 g/mol. The van der Waals surface area contributed by atoms with Crippen LogP contribution in [-0.4, -0.2) is 12.9 Å². The Morgan fingerprint density at radius 3 is 1.29 bits per heavy atom. The third kappa shape index (κ3) is 7.31. The molecular formula is C31H33BrN2. The van der Waals surface area contributed by atoms with E-state index in [1.807, 2.05) is 18.0 Å². The molecule has 4 aromatic carbocycles. The molecule has 34 heavy (non-hydrogen) atoms. The molecule has 0 amide bonds. The van der Waals surface area contributed by atoms with E-state index < -0.39 is 0 Å². The summed E-state index contributed by atoms with van der Waals surface area (Å²) in [7, 11) is 1.50. The van der Waals surface area contributed by atoms with Crippen molar-refractivity contribution in [1.29, 1.82) is 0 Å². The van der Waals surface area contributed by atoms with Gasteiger partial charge < -0.3 is 11.5 Å². The predicted molar refractivity (Wildman–Crippen MR) is 155 cm³/mol. The van der Waals surface area contributed by atoms with Crippen LogP contribution in [0.25, 0.3) is 33.4 Å². The second-order valence-electron chi connectivity index (χ2n) is 7.34. The van der Waals surface area contributed by atoms with Crippen LogP contribution in [0, 0.1) is 0 Å². The van der Waals surface area contributed by atoms with Crippen LogP contribution < -0.4 is 11.5 Å². The van der Waals surface area contributed by atoms with Crippen molar-refractivity contribution in [1.82, 2.24) is 0 Å². The molecule has 174 valence electrons. The molecule has 3 heteroatoms. The van der Waals surface area contributed by atoms with E-state index in [1.54, 1.807) is 6.20 Å². The van der Waals surface area contributed by atoms with Gasteiger partial charge in [0.15, 0.2) is 0 Å². The summed E-state index contributed by atoms with van der Waals surface area (Å²) in [6.07, 6.45) is 3.83. The Hall–Kier alpha value is -3.40. The maximum absolute atomic E-state index is 5.97. The van der Waals surface area contributed by atoms with E-state index in [4.69, 9.17) is 5.73 Å². The number of rotatable bonds is 5. The van der Waals surface area contributed by atoms with Gasteiger partial charge in [-0.15, -0.1) is 0 Å². The Morgan fingerprint density at radius 1 is 0.559 bits per heavy atom. The highest BCUT2D eigenvalue weighted by Gasteiger charge is 2.04. The minimum atomic E-state index is 1.01. The monoisotopic (exact) mass is 512 g/mol. The summed E-state index contributed by atoms with van der Waals surface area (Å²) in [6.45, 7) is 2.12. The number of hydrogen-bond acceptors (Lipinski definition) is 2. The fourth-order valence-electron chi connectivity index (χ4n) is 3.59. The summed E-state index contributed by atoms with van der Waals surface area (Å²) in [6, 6.07) is 38.1. The summed E-state index contributed by atoms with van der Waals surface area (Å²) < 4.78 is 0. The summed E-state index contributed by atoms with van der Waals surface area (Å²) in [5, 5.41) is 0. The Kier molecular flexibility index (Phi) is 11.6. The van der Waals surface area contributed by atoms with Crippen molar-refractivity contribution >= 4 is 27.1 Å². The highest BCUT2D eigenvalue weighted by atomic mass is 79.9. The number of halogens is 1. The molecule has 0 radical (unpaired) electrons. The van der Waals surface area contributed by atoms with Crippen molar-refractivity contribution in [2.75, 3.05) is 12.9 Å². The van der Waals surface area contributed by atoms with E-state index in [2.05, 4.69) is 132 Å². The standard InChI is InChI=1S/C29H25N.CH3Br.CH5N/c1-22(23-12-14-26(15-13-23)24-8-4-2-5-9-24)20-29(21-30)28-18-16-27(17-19-28)25-10-6-3-7-11-25;2*1-2/h2-21H,30H2,1H3;1H3;2H2,1H3/b22-20+,29-21+;;. The van der Waals surface area contributed by atoms with Crippen molar-refractivity contribution in [3.05, 3.63) is 133 Å². The molecule has 0 fully saturated rings. The van der Waals surface area contributed by atoms with E-state index in [1.165, 1.54) is 40.4 Å². The molecule has 0 heterocycles. The van der Waals surface area contributed by atoms with Gasteiger partial charge >= 0.3 is 0 Å². The van der Waals surface area contributed by atoms with Crippen molar-refractivity contribution < 1.29 is 0 Å². The molecule has 0 aliphatic carbocycles. The maximum Gasteiger partial charge on any atom is 0.00176 e. The lowest BCUT2D eigenvalue weighted by atomic mass is 9.97. The number of allylic oxidation sites excluding steroid dienone is 3. The highest BCUT2D eigenvalue weighted by Crippen LogP contribution is 2.27. The summed E-state index contributed by atoms with van der Waals surface area (Å²) >= 11 is 2.94. The first-order chi connectivity index (χ1) is 16.7. The van der Waals surface area contributed by atoms with Gasteiger partial charge in [-0.25, -0.2) is 0 Å². The third-order valence-electron chi connectivity index (χ3n) is 5.32. The molecule has 0 aliphatic heterocycles. The lowest BCUT2D eigenvalue weighted by molar-refractivity contribution is 1.48. The van der Waals surface area contributed by atoms with Crippen LogP contribution in [0.3, 0.4) is 0 Å². The SMILES string of the molecule is C/C(=C\C(=C/N)c1ccc(-c2ccccc2)cc1)c1ccc(-c2ccccc2)cc1.CBr.CN. The van der Waals surface area contributed by atoms with Crippen LogP contribution in [0.4, 0.5) is 0 Å². The van der Waals surface area contributed by atoms with Crippen LogP contribution in [-0.2, 0) is 0 Å². The molecule has 2 nitrogen and oxygen atoms in total. The van der Waals surface area contributed by atoms with Crippen molar-refractivity contribution in [2.45, 2.75) is 6.92 Å². The largest absolute Gasteiger partial charge is 0.404 e. The lowest BCUT2D eigenvalue weighted by Gasteiger charge is -2.09. The highest BCUT2D eigenvalue weighted by molar-refractivity contribution is 9.08. The van der Waals surface area contributed by atoms with Gasteiger partial charge in [-0.2, -0.15) is 0 Å². The molecule has 0 aliphatic rings. The fraction of sp³-hybridized carbons (Fsp3) is 0.0968. The molecule has 0 saturated carbocycles. The summed E-state index contributed by atoms with van der Waals surface area (Å²) in [4.78, 5) is 0. The molecule has 0 unspecified atom stereocenters. The molecule has 0 atom stereocenters. The van der Waals surface area contributed by atoms with Crippen LogP contribution in [0.15, 0.2) is 121 Å². The molecule has 4 rings (SSSR count). The second-order valence-corrected chi connectivity index (χ2v) is 7.34. The summed E-state index contributed by atoms with van der Waals surface area (Å²) in [5.74, 6) is 1.81. The molecule has 0 saturated heterocycles. The normalized spacial score (nSPS) is 11.0. The smallest absolute Gasteiger partial charge is 0.00176 e. The van der Waals surface area contributed by atoms with Crippen molar-refractivity contribution in [3.8, 4) is 22.3 Å². The van der Waals surface area contributed by atoms with Gasteiger partial charge in [-0.05, 0) is 70.4 Å². The fourth-order valence-corrected chi connectivity index (χ4v) is 3.59. The molecule has 4 N–H and O–H groups in total. The maximum atomic E-state index is 5.97. The average Bonchev–Trinajstić information content (AvgIpc) is 2.95.